The number of benzene rings is 1. The van der Waals surface area contributed by atoms with Crippen molar-refractivity contribution in [2.24, 2.45) is 11.8 Å². The van der Waals surface area contributed by atoms with Crippen LogP contribution in [0.3, 0.4) is 0 Å². The van der Waals surface area contributed by atoms with E-state index in [0.29, 0.717) is 6.42 Å². The Morgan fingerprint density at radius 2 is 1.61 bits per heavy atom. The predicted molar refractivity (Wildman–Crippen MR) is 160 cm³/mol. The molecule has 0 amide bonds. The number of aliphatic hydroxyl groups is 1. The molecule has 0 saturated heterocycles. The monoisotopic (exact) mass is 618 g/mol. The van der Waals surface area contributed by atoms with Crippen LogP contribution >= 0.6 is 0 Å². The molecule has 0 radical (unpaired) electrons. The van der Waals surface area contributed by atoms with Crippen LogP contribution < -0.4 is 4.74 Å². The van der Waals surface area contributed by atoms with E-state index in [4.69, 9.17) is 13.6 Å². The molecule has 1 aromatic rings. The van der Waals surface area contributed by atoms with Crippen LogP contribution in [0.1, 0.15) is 59.9 Å². The Bertz CT molecular complexity index is 965. The maximum absolute atomic E-state index is 13.3. The maximum atomic E-state index is 13.3. The van der Waals surface area contributed by atoms with Crippen LogP contribution in [0.5, 0.6) is 5.75 Å². The van der Waals surface area contributed by atoms with Crippen molar-refractivity contribution in [1.29, 1.82) is 0 Å². The summed E-state index contributed by atoms with van der Waals surface area (Å²) in [4.78, 5) is 11.7. The van der Waals surface area contributed by atoms with Gasteiger partial charge in [0.15, 0.2) is 16.6 Å². The molecule has 6 nitrogen and oxygen atoms in total. The zero-order chi connectivity index (χ0) is 30.8. The van der Waals surface area contributed by atoms with Gasteiger partial charge in [-0.15, -0.1) is 0 Å². The summed E-state index contributed by atoms with van der Waals surface area (Å²) in [5.74, 6) is -1.72. The minimum absolute atomic E-state index is 0.00845. The molecule has 41 heavy (non-hydrogen) atoms. The molecule has 2 N–H and O–H groups in total. The van der Waals surface area contributed by atoms with E-state index in [1.165, 1.54) is 12.1 Å². The lowest BCUT2D eigenvalue weighted by Crippen LogP contribution is -2.42. The van der Waals surface area contributed by atoms with Gasteiger partial charge in [0, 0.05) is 11.8 Å². The van der Waals surface area contributed by atoms with Gasteiger partial charge in [-0.25, -0.2) is 0 Å². The fraction of sp³-hybridized carbons (Fsp3) is 0.700. The number of halogens is 3. The number of alkyl halides is 3. The van der Waals surface area contributed by atoms with Crippen molar-refractivity contribution < 1.29 is 41.8 Å². The molecule has 11 heteroatoms. The van der Waals surface area contributed by atoms with E-state index in [-0.39, 0.29) is 30.8 Å². The van der Waals surface area contributed by atoms with Crippen LogP contribution in [-0.2, 0) is 19.8 Å². The minimum atomic E-state index is -4.48. The second-order valence-corrected chi connectivity index (χ2v) is 20.6. The van der Waals surface area contributed by atoms with Crippen LogP contribution in [-0.4, -0.2) is 57.7 Å². The fourth-order valence-corrected chi connectivity index (χ4v) is 11.6. The second kappa shape index (κ2) is 15.7. The predicted octanol–water partition coefficient (Wildman–Crippen LogP) is 7.89. The summed E-state index contributed by atoms with van der Waals surface area (Å²) in [5.41, 5.74) is -0.783. The highest BCUT2D eigenvalue weighted by Crippen LogP contribution is 2.41. The van der Waals surface area contributed by atoms with Crippen molar-refractivity contribution in [3.8, 4) is 5.75 Å². The zero-order valence-electron chi connectivity index (χ0n) is 25.4. The molecule has 0 spiro atoms. The highest BCUT2D eigenvalue weighted by molar-refractivity contribution is 6.74. The van der Waals surface area contributed by atoms with E-state index < -0.39 is 52.5 Å². The SMILES string of the molecule is CC[Si](CC)(CC)O[C@H](/C=C/[C@@H]1[C@@H](CC(=O)O)[C@@H](O)C[C@H]1O[Si](CC)(CC)CC)COc1cccc(C(F)(F)F)c1. The zero-order valence-corrected chi connectivity index (χ0v) is 27.4. The van der Waals surface area contributed by atoms with E-state index in [1.54, 1.807) is 0 Å². The average Bonchev–Trinajstić information content (AvgIpc) is 3.23. The first kappa shape index (κ1) is 35.5. The lowest BCUT2D eigenvalue weighted by Gasteiger charge is -2.35. The molecular weight excluding hydrogens is 569 g/mol. The number of rotatable bonds is 17. The van der Waals surface area contributed by atoms with E-state index in [2.05, 4.69) is 41.5 Å². The smallest absolute Gasteiger partial charge is 0.416 e. The van der Waals surface area contributed by atoms with Crippen LogP contribution in [0.25, 0.3) is 0 Å². The second-order valence-electron chi connectivity index (χ2n) is 11.2. The third-order valence-electron chi connectivity index (χ3n) is 9.09. The number of hydrogen-bond acceptors (Lipinski definition) is 5. The summed E-state index contributed by atoms with van der Waals surface area (Å²) < 4.78 is 59.1. The molecule has 2 rings (SSSR count). The lowest BCUT2D eigenvalue weighted by atomic mass is 9.90. The Hall–Kier alpha value is -1.67. The Labute approximate surface area is 245 Å². The number of carboxylic acid groups (broad SMARTS) is 1. The molecule has 0 aromatic heterocycles. The molecule has 1 saturated carbocycles. The minimum Gasteiger partial charge on any atom is -0.491 e. The van der Waals surface area contributed by atoms with Crippen molar-refractivity contribution in [2.75, 3.05) is 6.61 Å². The van der Waals surface area contributed by atoms with Gasteiger partial charge in [0.05, 0.1) is 30.3 Å². The number of carboxylic acids is 1. The summed E-state index contributed by atoms with van der Waals surface area (Å²) in [6, 6.07) is 10.2. The number of aliphatic hydroxyl groups excluding tert-OH is 1. The van der Waals surface area contributed by atoms with Gasteiger partial charge in [0.1, 0.15) is 12.4 Å². The van der Waals surface area contributed by atoms with Gasteiger partial charge in [-0.1, -0.05) is 59.8 Å². The maximum Gasteiger partial charge on any atom is 0.416 e. The summed E-state index contributed by atoms with van der Waals surface area (Å²) in [7, 11) is -4.19. The van der Waals surface area contributed by atoms with Crippen molar-refractivity contribution in [3.63, 3.8) is 0 Å². The first-order valence-electron chi connectivity index (χ1n) is 15.0. The van der Waals surface area contributed by atoms with E-state index in [9.17, 15) is 28.2 Å². The largest absolute Gasteiger partial charge is 0.491 e. The molecule has 1 aliphatic rings. The quantitative estimate of drug-likeness (QED) is 0.136. The van der Waals surface area contributed by atoms with Gasteiger partial charge in [0.2, 0.25) is 0 Å². The summed E-state index contributed by atoms with van der Waals surface area (Å²) in [6.45, 7) is 12.7. The van der Waals surface area contributed by atoms with Gasteiger partial charge in [-0.3, -0.25) is 4.79 Å². The third-order valence-corrected chi connectivity index (χ3v) is 18.4. The fourth-order valence-electron chi connectivity index (χ4n) is 5.93. The Morgan fingerprint density at radius 1 is 1.02 bits per heavy atom. The first-order valence-corrected chi connectivity index (χ1v) is 20.1. The molecule has 1 aliphatic carbocycles. The van der Waals surface area contributed by atoms with Crippen LogP contribution in [0.4, 0.5) is 13.2 Å². The van der Waals surface area contributed by atoms with E-state index in [1.807, 2.05) is 12.2 Å². The lowest BCUT2D eigenvalue weighted by molar-refractivity contribution is -0.139. The van der Waals surface area contributed by atoms with Gasteiger partial charge in [0.25, 0.3) is 0 Å². The summed E-state index contributed by atoms with van der Waals surface area (Å²) in [6.07, 6.45) is -2.19. The van der Waals surface area contributed by atoms with Crippen molar-refractivity contribution in [2.45, 2.75) is 115 Å². The van der Waals surface area contributed by atoms with Gasteiger partial charge in [-0.05, 0) is 60.9 Å². The number of hydrogen-bond donors (Lipinski definition) is 2. The van der Waals surface area contributed by atoms with E-state index >= 15 is 0 Å². The van der Waals surface area contributed by atoms with Gasteiger partial charge in [-0.2, -0.15) is 13.2 Å². The van der Waals surface area contributed by atoms with E-state index in [0.717, 1.165) is 48.4 Å². The molecule has 1 aromatic carbocycles. The average molecular weight is 619 g/mol. The summed E-state index contributed by atoms with van der Waals surface area (Å²) >= 11 is 0. The molecular formula is C30H49F3O6Si2. The Balaban J connectivity index is 2.41. The number of carbonyl (C=O) groups is 1. The van der Waals surface area contributed by atoms with Gasteiger partial charge < -0.3 is 23.8 Å². The molecule has 0 bridgehead atoms. The summed E-state index contributed by atoms with van der Waals surface area (Å²) in [5, 5.41) is 20.5. The molecule has 0 unspecified atom stereocenters. The van der Waals surface area contributed by atoms with Crippen molar-refractivity contribution >= 4 is 22.6 Å². The first-order chi connectivity index (χ1) is 19.3. The Kier molecular flexibility index (Phi) is 13.6. The Morgan fingerprint density at radius 3 is 2.12 bits per heavy atom. The van der Waals surface area contributed by atoms with Crippen LogP contribution in [0, 0.1) is 11.8 Å². The van der Waals surface area contributed by atoms with Crippen molar-refractivity contribution in [1.82, 2.24) is 0 Å². The van der Waals surface area contributed by atoms with Crippen molar-refractivity contribution in [3.05, 3.63) is 42.0 Å². The molecule has 0 heterocycles. The molecule has 0 aliphatic heterocycles. The normalized spacial score (nSPS) is 22.8. The van der Waals surface area contributed by atoms with Gasteiger partial charge >= 0.3 is 12.1 Å². The number of aliphatic carboxylic acids is 1. The van der Waals surface area contributed by atoms with Crippen LogP contribution in [0.2, 0.25) is 36.3 Å². The standard InChI is InChI=1S/C30H49F3O6Si2/c1-7-40(8-2,9-3)38-24(21-37-23-15-13-14-22(18-23)30(31,32)33)16-17-25-26(19-29(35)36)27(34)20-28(25)39-41(10-4,11-5)12-6/h13-18,24-28,34H,7-12,19-21H2,1-6H3,(H,35,36)/b17-16+/t24-,25-,26-,27+,28-/m1/s1. The molecule has 5 atom stereocenters. The number of ether oxygens (including phenoxy) is 1. The van der Waals surface area contributed by atoms with Crippen LogP contribution in [0.15, 0.2) is 36.4 Å². The topological polar surface area (TPSA) is 85.2 Å². The highest BCUT2D eigenvalue weighted by atomic mass is 28.4. The molecule has 1 fully saturated rings. The highest BCUT2D eigenvalue weighted by Gasteiger charge is 2.46. The molecule has 234 valence electrons. The third kappa shape index (κ3) is 9.67.